The summed E-state index contributed by atoms with van der Waals surface area (Å²) in [7, 11) is 0. The zero-order valence-corrected chi connectivity index (χ0v) is 10.2. The summed E-state index contributed by atoms with van der Waals surface area (Å²) in [6.45, 7) is 7.34. The third-order valence-electron chi connectivity index (χ3n) is 1.81. The van der Waals surface area contributed by atoms with E-state index in [1.807, 2.05) is 33.8 Å². The molecule has 0 aliphatic rings. The summed E-state index contributed by atoms with van der Waals surface area (Å²) in [5.41, 5.74) is 0.802. The van der Waals surface area contributed by atoms with Gasteiger partial charge in [-0.25, -0.2) is 4.79 Å². The Balaban J connectivity index is 2.97. The fourth-order valence-corrected chi connectivity index (χ4v) is 1.34. The molecule has 0 unspecified atom stereocenters. The number of halogens is 1. The largest absolute Gasteiger partial charge is 0.456 e. The minimum absolute atomic E-state index is 0.379. The molecule has 0 aromatic heterocycles. The second-order valence-corrected chi connectivity index (χ2v) is 4.82. The van der Waals surface area contributed by atoms with Crippen molar-refractivity contribution in [3.63, 3.8) is 0 Å². The summed E-state index contributed by atoms with van der Waals surface area (Å²) >= 11 is 6.02. The maximum atomic E-state index is 11.7. The number of rotatable bonds is 1. The van der Waals surface area contributed by atoms with Crippen LogP contribution in [0.3, 0.4) is 0 Å². The zero-order valence-electron chi connectivity index (χ0n) is 9.43. The molecule has 2 nitrogen and oxygen atoms in total. The van der Waals surface area contributed by atoms with Crippen molar-refractivity contribution in [2.24, 2.45) is 0 Å². The van der Waals surface area contributed by atoms with E-state index < -0.39 is 5.60 Å². The lowest BCUT2D eigenvalue weighted by Gasteiger charge is -2.20. The molecule has 15 heavy (non-hydrogen) atoms. The molecule has 82 valence electrons. The van der Waals surface area contributed by atoms with Crippen molar-refractivity contribution in [2.75, 3.05) is 0 Å². The Morgan fingerprint density at radius 2 is 1.93 bits per heavy atom. The summed E-state index contributed by atoms with van der Waals surface area (Å²) in [6, 6.07) is 5.32. The highest BCUT2D eigenvalue weighted by atomic mass is 35.5. The molecule has 0 aliphatic heterocycles. The Labute approximate surface area is 95.2 Å². The average Bonchev–Trinajstić information content (AvgIpc) is 2.06. The van der Waals surface area contributed by atoms with E-state index in [0.29, 0.717) is 10.6 Å². The van der Waals surface area contributed by atoms with Crippen LogP contribution in [-0.4, -0.2) is 11.6 Å². The molecule has 1 aromatic rings. The smallest absolute Gasteiger partial charge is 0.340 e. The number of esters is 1. The molecule has 0 fully saturated rings. The van der Waals surface area contributed by atoms with E-state index in [1.165, 1.54) is 0 Å². The van der Waals surface area contributed by atoms with Crippen LogP contribution in [-0.2, 0) is 4.74 Å². The van der Waals surface area contributed by atoms with Gasteiger partial charge in [0.15, 0.2) is 0 Å². The van der Waals surface area contributed by atoms with Crippen LogP contribution in [0.25, 0.3) is 0 Å². The first-order chi connectivity index (χ1) is 6.81. The number of hydrogen-bond acceptors (Lipinski definition) is 2. The third kappa shape index (κ3) is 3.24. The molecule has 0 spiro atoms. The molecular formula is C12H15ClO2. The maximum Gasteiger partial charge on any atom is 0.340 e. The summed E-state index contributed by atoms with van der Waals surface area (Å²) in [4.78, 5) is 11.7. The van der Waals surface area contributed by atoms with Crippen molar-refractivity contribution in [1.29, 1.82) is 0 Å². The fraction of sp³-hybridized carbons (Fsp3) is 0.417. The highest BCUT2D eigenvalue weighted by Gasteiger charge is 2.20. The molecule has 0 bridgehead atoms. The van der Waals surface area contributed by atoms with E-state index in [0.717, 1.165) is 5.56 Å². The van der Waals surface area contributed by atoms with Gasteiger partial charge in [-0.1, -0.05) is 23.7 Å². The Morgan fingerprint density at radius 1 is 1.33 bits per heavy atom. The number of carbonyl (C=O) groups excluding carboxylic acids is 1. The second-order valence-electron chi connectivity index (χ2n) is 4.44. The van der Waals surface area contributed by atoms with Crippen LogP contribution in [0.5, 0.6) is 0 Å². The van der Waals surface area contributed by atoms with Crippen molar-refractivity contribution in [3.05, 3.63) is 34.3 Å². The van der Waals surface area contributed by atoms with E-state index >= 15 is 0 Å². The molecule has 0 amide bonds. The average molecular weight is 227 g/mol. The highest BCUT2D eigenvalue weighted by Crippen LogP contribution is 2.22. The van der Waals surface area contributed by atoms with Crippen LogP contribution in [0, 0.1) is 6.92 Å². The second kappa shape index (κ2) is 4.23. The van der Waals surface area contributed by atoms with Gasteiger partial charge in [-0.2, -0.15) is 0 Å². The summed E-state index contributed by atoms with van der Waals surface area (Å²) in [5, 5.41) is 0.465. The van der Waals surface area contributed by atoms with E-state index in [-0.39, 0.29) is 5.97 Å². The predicted octanol–water partition coefficient (Wildman–Crippen LogP) is 3.60. The minimum Gasteiger partial charge on any atom is -0.456 e. The van der Waals surface area contributed by atoms with E-state index in [9.17, 15) is 4.79 Å². The zero-order chi connectivity index (χ0) is 11.6. The monoisotopic (exact) mass is 226 g/mol. The van der Waals surface area contributed by atoms with Gasteiger partial charge in [-0.05, 0) is 39.3 Å². The highest BCUT2D eigenvalue weighted by molar-refractivity contribution is 6.34. The molecule has 0 heterocycles. The topological polar surface area (TPSA) is 26.3 Å². The van der Waals surface area contributed by atoms with Crippen molar-refractivity contribution < 1.29 is 9.53 Å². The Morgan fingerprint density at radius 3 is 2.47 bits per heavy atom. The van der Waals surface area contributed by atoms with Crippen molar-refractivity contribution in [3.8, 4) is 0 Å². The molecular weight excluding hydrogens is 212 g/mol. The summed E-state index contributed by atoms with van der Waals surface area (Å²) < 4.78 is 5.24. The first-order valence-electron chi connectivity index (χ1n) is 4.80. The minimum atomic E-state index is -0.496. The molecule has 0 saturated heterocycles. The standard InChI is InChI=1S/C12H15ClO2/c1-8-6-5-7-9(10(8)13)11(14)15-12(2,3)4/h5-7H,1-4H3. The Kier molecular flexibility index (Phi) is 3.40. The number of ether oxygens (including phenoxy) is 1. The van der Waals surface area contributed by atoms with Gasteiger partial charge in [0, 0.05) is 0 Å². The molecule has 1 aromatic carbocycles. The molecule has 0 N–H and O–H groups in total. The van der Waals surface area contributed by atoms with E-state index in [4.69, 9.17) is 16.3 Å². The quantitative estimate of drug-likeness (QED) is 0.684. The number of carbonyl (C=O) groups is 1. The lowest BCUT2D eigenvalue weighted by atomic mass is 10.1. The number of benzene rings is 1. The first kappa shape index (κ1) is 12.1. The van der Waals surface area contributed by atoms with Gasteiger partial charge in [-0.15, -0.1) is 0 Å². The van der Waals surface area contributed by atoms with Crippen LogP contribution in [0.2, 0.25) is 5.02 Å². The Bertz CT molecular complexity index is 378. The number of aryl methyl sites for hydroxylation is 1. The van der Waals surface area contributed by atoms with Crippen LogP contribution in [0.15, 0.2) is 18.2 Å². The van der Waals surface area contributed by atoms with Crippen LogP contribution >= 0.6 is 11.6 Å². The van der Waals surface area contributed by atoms with Gasteiger partial charge in [0.05, 0.1) is 10.6 Å². The predicted molar refractivity (Wildman–Crippen MR) is 61.4 cm³/mol. The van der Waals surface area contributed by atoms with Crippen molar-refractivity contribution in [1.82, 2.24) is 0 Å². The first-order valence-corrected chi connectivity index (χ1v) is 5.17. The van der Waals surface area contributed by atoms with Crippen molar-refractivity contribution >= 4 is 17.6 Å². The SMILES string of the molecule is Cc1cccc(C(=O)OC(C)(C)C)c1Cl. The summed E-state index contributed by atoms with van der Waals surface area (Å²) in [5.74, 6) is -0.379. The van der Waals surface area contributed by atoms with Gasteiger partial charge >= 0.3 is 5.97 Å². The maximum absolute atomic E-state index is 11.7. The number of hydrogen-bond donors (Lipinski definition) is 0. The lowest BCUT2D eigenvalue weighted by molar-refractivity contribution is 0.00697. The lowest BCUT2D eigenvalue weighted by Crippen LogP contribution is -2.24. The molecule has 0 saturated carbocycles. The van der Waals surface area contributed by atoms with E-state index in [2.05, 4.69) is 0 Å². The van der Waals surface area contributed by atoms with Crippen LogP contribution in [0.4, 0.5) is 0 Å². The van der Waals surface area contributed by atoms with Gasteiger partial charge in [0.25, 0.3) is 0 Å². The molecule has 3 heteroatoms. The van der Waals surface area contributed by atoms with Gasteiger partial charge in [0.1, 0.15) is 5.60 Å². The van der Waals surface area contributed by atoms with Crippen LogP contribution < -0.4 is 0 Å². The van der Waals surface area contributed by atoms with E-state index in [1.54, 1.807) is 12.1 Å². The van der Waals surface area contributed by atoms with Gasteiger partial charge in [0.2, 0.25) is 0 Å². The van der Waals surface area contributed by atoms with Crippen molar-refractivity contribution in [2.45, 2.75) is 33.3 Å². The van der Waals surface area contributed by atoms with Gasteiger partial charge in [-0.3, -0.25) is 0 Å². The normalized spacial score (nSPS) is 11.3. The summed E-state index contributed by atoms with van der Waals surface area (Å²) in [6.07, 6.45) is 0. The Hall–Kier alpha value is -1.02. The fourth-order valence-electron chi connectivity index (χ4n) is 1.14. The molecule has 1 rings (SSSR count). The van der Waals surface area contributed by atoms with Gasteiger partial charge < -0.3 is 4.74 Å². The molecule has 0 radical (unpaired) electrons. The van der Waals surface area contributed by atoms with Crippen LogP contribution in [0.1, 0.15) is 36.7 Å². The third-order valence-corrected chi connectivity index (χ3v) is 2.31. The molecule has 0 aliphatic carbocycles. The molecule has 0 atom stereocenters.